The molecule has 1 aliphatic rings. The maximum absolute atomic E-state index is 15.0. The summed E-state index contributed by atoms with van der Waals surface area (Å²) in [7, 11) is 0. The number of ether oxygens (including phenoxy) is 1. The number of nitrogens with one attached hydrogen (secondary N) is 2. The van der Waals surface area contributed by atoms with Crippen LogP contribution in [-0.4, -0.2) is 46.1 Å². The number of carbonyl (C=O) groups excluding carboxylic acids is 1. The van der Waals surface area contributed by atoms with Crippen LogP contribution < -0.4 is 10.9 Å². The Hall–Kier alpha value is -3.47. The molecule has 2 aromatic carbocycles. The third-order valence-electron chi connectivity index (χ3n) is 6.06. The molecule has 36 heavy (non-hydrogen) atoms. The number of aromatic amines is 1. The Balaban J connectivity index is 1.63. The Kier molecular flexibility index (Phi) is 6.78. The highest BCUT2D eigenvalue weighted by atomic mass is 19.4. The van der Waals surface area contributed by atoms with Crippen molar-refractivity contribution in [3.8, 4) is 0 Å². The van der Waals surface area contributed by atoms with Crippen LogP contribution in [0.5, 0.6) is 0 Å². The molecule has 192 valence electrons. The molecule has 1 saturated heterocycles. The Morgan fingerprint density at radius 3 is 2.47 bits per heavy atom. The van der Waals surface area contributed by atoms with E-state index < -0.39 is 29.2 Å². The first-order chi connectivity index (χ1) is 16.8. The van der Waals surface area contributed by atoms with Crippen molar-refractivity contribution in [2.45, 2.75) is 52.1 Å². The van der Waals surface area contributed by atoms with Crippen molar-refractivity contribution < 1.29 is 27.1 Å². The van der Waals surface area contributed by atoms with E-state index in [-0.39, 0.29) is 51.7 Å². The Bertz CT molecular complexity index is 1360. The van der Waals surface area contributed by atoms with Gasteiger partial charge in [-0.3, -0.25) is 9.59 Å². The molecule has 3 aromatic rings. The van der Waals surface area contributed by atoms with E-state index in [1.165, 1.54) is 26.0 Å². The molecule has 3 atom stereocenters. The van der Waals surface area contributed by atoms with Crippen molar-refractivity contribution >= 4 is 22.5 Å². The van der Waals surface area contributed by atoms with E-state index >= 15 is 0 Å². The van der Waals surface area contributed by atoms with E-state index in [0.717, 1.165) is 18.2 Å². The summed E-state index contributed by atoms with van der Waals surface area (Å²) >= 11 is 0. The first-order valence-corrected chi connectivity index (χ1v) is 11.5. The number of fused-ring (bicyclic) bond motifs is 1. The van der Waals surface area contributed by atoms with Crippen molar-refractivity contribution in [1.82, 2.24) is 14.9 Å². The van der Waals surface area contributed by atoms with Crippen molar-refractivity contribution in [2.24, 2.45) is 0 Å². The number of aromatic nitrogens is 2. The van der Waals surface area contributed by atoms with Crippen LogP contribution in [0.3, 0.4) is 0 Å². The second kappa shape index (κ2) is 9.53. The van der Waals surface area contributed by atoms with Crippen molar-refractivity contribution in [1.29, 1.82) is 0 Å². The van der Waals surface area contributed by atoms with Gasteiger partial charge in [-0.15, -0.1) is 0 Å². The van der Waals surface area contributed by atoms with E-state index in [1.54, 1.807) is 4.90 Å². The smallest absolute Gasteiger partial charge is 0.376 e. The average molecular weight is 507 g/mol. The fourth-order valence-electron chi connectivity index (χ4n) is 4.53. The van der Waals surface area contributed by atoms with Gasteiger partial charge in [-0.05, 0) is 63.6 Å². The second-order valence-corrected chi connectivity index (χ2v) is 9.13. The summed E-state index contributed by atoms with van der Waals surface area (Å²) in [6.07, 6.45) is -5.03. The van der Waals surface area contributed by atoms with Crippen LogP contribution in [0.15, 0.2) is 35.1 Å². The number of halogens is 4. The van der Waals surface area contributed by atoms with Gasteiger partial charge in [0.2, 0.25) is 0 Å². The van der Waals surface area contributed by atoms with Crippen LogP contribution in [0.25, 0.3) is 10.9 Å². The Labute approximate surface area is 204 Å². The lowest BCUT2D eigenvalue weighted by Crippen LogP contribution is -2.48. The lowest BCUT2D eigenvalue weighted by atomic mass is 9.98. The SMILES string of the molecule is Cc1nc2cc(C(F)(F)F)c([C@H](C)Nc3ccc(C(=O)N4C[C@@H](C)O[C@@H](C)C4)cc3F)cc2c(=O)[nH]1. The molecule has 0 saturated carbocycles. The number of aryl methyl sites for hydroxylation is 1. The van der Waals surface area contributed by atoms with Crippen LogP contribution in [0.2, 0.25) is 0 Å². The highest BCUT2D eigenvalue weighted by Gasteiger charge is 2.35. The number of rotatable bonds is 4. The molecule has 4 rings (SSSR count). The molecule has 2 heterocycles. The summed E-state index contributed by atoms with van der Waals surface area (Å²) in [5.74, 6) is -0.949. The number of carbonyl (C=O) groups is 1. The van der Waals surface area contributed by atoms with Gasteiger partial charge in [-0.1, -0.05) is 0 Å². The van der Waals surface area contributed by atoms with E-state index in [9.17, 15) is 27.2 Å². The zero-order valence-electron chi connectivity index (χ0n) is 20.2. The molecule has 0 radical (unpaired) electrons. The van der Waals surface area contributed by atoms with Gasteiger partial charge in [-0.25, -0.2) is 9.37 Å². The number of hydrogen-bond acceptors (Lipinski definition) is 5. The third-order valence-corrected chi connectivity index (χ3v) is 6.06. The molecule has 2 N–H and O–H groups in total. The fraction of sp³-hybridized carbons (Fsp3) is 0.400. The van der Waals surface area contributed by atoms with E-state index in [1.807, 2.05) is 13.8 Å². The zero-order valence-corrected chi connectivity index (χ0v) is 20.2. The van der Waals surface area contributed by atoms with E-state index in [0.29, 0.717) is 13.1 Å². The molecular weight excluding hydrogens is 480 g/mol. The molecule has 11 heteroatoms. The first kappa shape index (κ1) is 25.6. The lowest BCUT2D eigenvalue weighted by molar-refractivity contribution is -0.138. The third kappa shape index (κ3) is 5.20. The summed E-state index contributed by atoms with van der Waals surface area (Å²) < 4.78 is 62.2. The molecule has 7 nitrogen and oxygen atoms in total. The lowest BCUT2D eigenvalue weighted by Gasteiger charge is -2.35. The second-order valence-electron chi connectivity index (χ2n) is 9.13. The van der Waals surface area contributed by atoms with Gasteiger partial charge in [0.15, 0.2) is 0 Å². The molecule has 1 fully saturated rings. The molecule has 1 amide bonds. The normalized spacial score (nSPS) is 19.4. The predicted octanol–water partition coefficient (Wildman–Crippen LogP) is 4.81. The quantitative estimate of drug-likeness (QED) is 0.496. The summed E-state index contributed by atoms with van der Waals surface area (Å²) in [4.78, 5) is 33.2. The highest BCUT2D eigenvalue weighted by Crippen LogP contribution is 2.37. The Morgan fingerprint density at radius 1 is 1.19 bits per heavy atom. The average Bonchev–Trinajstić information content (AvgIpc) is 2.77. The molecule has 0 spiro atoms. The van der Waals surface area contributed by atoms with E-state index in [4.69, 9.17) is 4.74 Å². The fourth-order valence-corrected chi connectivity index (χ4v) is 4.53. The number of hydrogen-bond donors (Lipinski definition) is 2. The molecule has 1 aliphatic heterocycles. The van der Waals surface area contributed by atoms with Crippen LogP contribution in [0.1, 0.15) is 54.1 Å². The molecule has 0 bridgehead atoms. The van der Waals surface area contributed by atoms with Crippen molar-refractivity contribution in [3.63, 3.8) is 0 Å². The molecular formula is C25H26F4N4O3. The number of morpholine rings is 1. The van der Waals surface area contributed by atoms with Crippen LogP contribution in [0, 0.1) is 12.7 Å². The van der Waals surface area contributed by atoms with Crippen molar-refractivity contribution in [3.05, 3.63) is 69.0 Å². The Morgan fingerprint density at radius 2 is 1.86 bits per heavy atom. The summed E-state index contributed by atoms with van der Waals surface area (Å²) in [6.45, 7) is 7.34. The van der Waals surface area contributed by atoms with Crippen LogP contribution >= 0.6 is 0 Å². The summed E-state index contributed by atoms with van der Waals surface area (Å²) in [5.41, 5.74) is -1.81. The number of benzene rings is 2. The molecule has 1 aromatic heterocycles. The molecule has 0 unspecified atom stereocenters. The topological polar surface area (TPSA) is 87.3 Å². The maximum Gasteiger partial charge on any atom is 0.416 e. The van der Waals surface area contributed by atoms with Gasteiger partial charge in [0.05, 0.1) is 34.4 Å². The van der Waals surface area contributed by atoms with Gasteiger partial charge in [-0.2, -0.15) is 13.2 Å². The van der Waals surface area contributed by atoms with Gasteiger partial charge in [0.1, 0.15) is 11.6 Å². The standard InChI is InChI=1S/C25H26F4N4O3/c1-12-10-33(11-13(2)36-12)24(35)16-5-6-21(20(26)7-16)30-14(3)17-8-18-22(9-19(17)25(27,28)29)31-15(4)32-23(18)34/h5-9,12-14,30H,10-11H2,1-4H3,(H,31,32,34)/t12-,13+,14-/m0/s1. The number of H-pyrrole nitrogens is 1. The first-order valence-electron chi connectivity index (χ1n) is 11.5. The van der Waals surface area contributed by atoms with Crippen LogP contribution in [0.4, 0.5) is 23.2 Å². The minimum absolute atomic E-state index is 0.00682. The minimum Gasteiger partial charge on any atom is -0.376 e. The zero-order chi connectivity index (χ0) is 26.4. The van der Waals surface area contributed by atoms with E-state index in [2.05, 4.69) is 15.3 Å². The number of anilines is 1. The van der Waals surface area contributed by atoms with Crippen molar-refractivity contribution in [2.75, 3.05) is 18.4 Å². The van der Waals surface area contributed by atoms with Crippen LogP contribution in [-0.2, 0) is 10.9 Å². The van der Waals surface area contributed by atoms with Gasteiger partial charge in [0, 0.05) is 24.7 Å². The monoisotopic (exact) mass is 506 g/mol. The molecule has 0 aliphatic carbocycles. The summed E-state index contributed by atoms with van der Waals surface area (Å²) in [6, 6.07) is 4.73. The largest absolute Gasteiger partial charge is 0.416 e. The van der Waals surface area contributed by atoms with Gasteiger partial charge in [0.25, 0.3) is 11.5 Å². The highest BCUT2D eigenvalue weighted by molar-refractivity contribution is 5.94. The number of nitrogens with zero attached hydrogens (tertiary/aromatic N) is 2. The van der Waals surface area contributed by atoms with Gasteiger partial charge >= 0.3 is 6.18 Å². The van der Waals surface area contributed by atoms with Gasteiger partial charge < -0.3 is 19.9 Å². The number of amides is 1. The minimum atomic E-state index is -4.72. The summed E-state index contributed by atoms with van der Waals surface area (Å²) in [5, 5.41) is 2.73. The predicted molar refractivity (Wildman–Crippen MR) is 126 cm³/mol. The number of alkyl halides is 3. The maximum atomic E-state index is 15.0.